The lowest BCUT2D eigenvalue weighted by atomic mass is 10.2. The molecule has 0 aliphatic heterocycles. The molecule has 0 fully saturated rings. The van der Waals surface area contributed by atoms with Gasteiger partial charge in [-0.1, -0.05) is 29.3 Å². The Labute approximate surface area is 120 Å². The van der Waals surface area contributed by atoms with E-state index in [1.807, 2.05) is 19.1 Å². The number of benzene rings is 1. The third-order valence-corrected chi connectivity index (χ3v) is 4.83. The molecule has 1 aromatic heterocycles. The molecular formula is C14H13ClOS2. The van der Waals surface area contributed by atoms with E-state index >= 15 is 0 Å². The highest BCUT2D eigenvalue weighted by Gasteiger charge is 2.18. The van der Waals surface area contributed by atoms with Crippen molar-refractivity contribution in [3.8, 4) is 0 Å². The molecule has 0 saturated heterocycles. The van der Waals surface area contributed by atoms with Crippen LogP contribution in [0.1, 0.15) is 22.2 Å². The van der Waals surface area contributed by atoms with Crippen molar-refractivity contribution in [3.05, 3.63) is 51.2 Å². The van der Waals surface area contributed by atoms with E-state index in [0.717, 1.165) is 9.77 Å². The molecule has 1 heterocycles. The number of hydrogen-bond acceptors (Lipinski definition) is 3. The third-order valence-electron chi connectivity index (χ3n) is 2.49. The van der Waals surface area contributed by atoms with Gasteiger partial charge in [0.1, 0.15) is 0 Å². The topological polar surface area (TPSA) is 17.1 Å². The van der Waals surface area contributed by atoms with Crippen molar-refractivity contribution in [1.29, 1.82) is 0 Å². The lowest BCUT2D eigenvalue weighted by molar-refractivity contribution is 0.0998. The van der Waals surface area contributed by atoms with Gasteiger partial charge in [-0.3, -0.25) is 4.79 Å². The molecule has 0 bridgehead atoms. The second kappa shape index (κ2) is 5.91. The number of carbonyl (C=O) groups is 1. The Hall–Kier alpha value is -0.770. The van der Waals surface area contributed by atoms with Crippen LogP contribution in [-0.2, 0) is 0 Å². The first kappa shape index (κ1) is 13.7. The SMILES string of the molecule is Cc1cccc(SC(C)C(=O)c2ccc(Cl)s2)c1. The highest BCUT2D eigenvalue weighted by atomic mass is 35.5. The molecular weight excluding hydrogens is 284 g/mol. The molecule has 1 aromatic carbocycles. The molecule has 0 saturated carbocycles. The smallest absolute Gasteiger partial charge is 0.185 e. The van der Waals surface area contributed by atoms with Crippen LogP contribution in [0.15, 0.2) is 41.3 Å². The van der Waals surface area contributed by atoms with E-state index in [1.165, 1.54) is 16.9 Å². The summed E-state index contributed by atoms with van der Waals surface area (Å²) in [4.78, 5) is 14.0. The van der Waals surface area contributed by atoms with Gasteiger partial charge in [-0.2, -0.15) is 0 Å². The van der Waals surface area contributed by atoms with Gasteiger partial charge >= 0.3 is 0 Å². The van der Waals surface area contributed by atoms with Gasteiger partial charge < -0.3 is 0 Å². The Kier molecular flexibility index (Phi) is 4.49. The van der Waals surface area contributed by atoms with E-state index in [4.69, 9.17) is 11.6 Å². The molecule has 1 nitrogen and oxygen atoms in total. The van der Waals surface area contributed by atoms with Crippen LogP contribution in [0.4, 0.5) is 0 Å². The summed E-state index contributed by atoms with van der Waals surface area (Å²) in [6.45, 7) is 3.98. The highest BCUT2D eigenvalue weighted by molar-refractivity contribution is 8.00. The van der Waals surface area contributed by atoms with E-state index in [2.05, 4.69) is 19.1 Å². The van der Waals surface area contributed by atoms with Crippen LogP contribution in [0, 0.1) is 6.92 Å². The Morgan fingerprint density at radius 2 is 2.11 bits per heavy atom. The second-order valence-corrected chi connectivity index (χ2v) is 7.17. The van der Waals surface area contributed by atoms with Crippen LogP contribution in [0.25, 0.3) is 0 Å². The number of rotatable bonds is 4. The molecule has 0 spiro atoms. The Morgan fingerprint density at radius 3 is 2.72 bits per heavy atom. The molecule has 94 valence electrons. The number of aryl methyl sites for hydroxylation is 1. The zero-order chi connectivity index (χ0) is 13.1. The monoisotopic (exact) mass is 296 g/mol. The maximum atomic E-state index is 12.2. The number of hydrogen-bond donors (Lipinski definition) is 0. The molecule has 2 rings (SSSR count). The standard InChI is InChI=1S/C14H13ClOS2/c1-9-4-3-5-11(8-9)17-10(2)14(16)12-6-7-13(15)18-12/h3-8,10H,1-2H3. The molecule has 18 heavy (non-hydrogen) atoms. The number of halogens is 1. The fraction of sp³-hybridized carbons (Fsp3) is 0.214. The molecule has 0 radical (unpaired) electrons. The van der Waals surface area contributed by atoms with Crippen molar-refractivity contribution in [2.45, 2.75) is 24.0 Å². The summed E-state index contributed by atoms with van der Waals surface area (Å²) in [5, 5.41) is -0.0958. The molecule has 0 aliphatic rings. The average molecular weight is 297 g/mol. The summed E-state index contributed by atoms with van der Waals surface area (Å²) in [7, 11) is 0. The molecule has 0 aliphatic carbocycles. The lowest BCUT2D eigenvalue weighted by Gasteiger charge is -2.09. The first-order valence-corrected chi connectivity index (χ1v) is 7.66. The predicted octanol–water partition coefficient (Wildman–Crippen LogP) is 5.07. The highest BCUT2D eigenvalue weighted by Crippen LogP contribution is 2.29. The van der Waals surface area contributed by atoms with Crippen LogP contribution >= 0.6 is 34.7 Å². The van der Waals surface area contributed by atoms with E-state index in [-0.39, 0.29) is 11.0 Å². The first-order chi connectivity index (χ1) is 8.56. The Morgan fingerprint density at radius 1 is 1.33 bits per heavy atom. The number of thioether (sulfide) groups is 1. The number of Topliss-reactive ketones (excluding diaryl/α,β-unsaturated/α-hetero) is 1. The maximum Gasteiger partial charge on any atom is 0.185 e. The minimum Gasteiger partial charge on any atom is -0.292 e. The molecule has 4 heteroatoms. The van der Waals surface area contributed by atoms with Crippen LogP contribution in [0.3, 0.4) is 0 Å². The fourth-order valence-corrected chi connectivity index (χ4v) is 3.79. The quantitative estimate of drug-likeness (QED) is 0.578. The van der Waals surface area contributed by atoms with Crippen LogP contribution < -0.4 is 0 Å². The summed E-state index contributed by atoms with van der Waals surface area (Å²) < 4.78 is 0.658. The summed E-state index contributed by atoms with van der Waals surface area (Å²) in [6.07, 6.45) is 0. The zero-order valence-electron chi connectivity index (χ0n) is 10.1. The molecule has 0 N–H and O–H groups in total. The van der Waals surface area contributed by atoms with Gasteiger partial charge in [-0.15, -0.1) is 23.1 Å². The van der Waals surface area contributed by atoms with Crippen molar-refractivity contribution >= 4 is 40.5 Å². The number of thiophene rings is 1. The third kappa shape index (κ3) is 3.37. The van der Waals surface area contributed by atoms with E-state index in [0.29, 0.717) is 4.34 Å². The molecule has 1 unspecified atom stereocenters. The minimum atomic E-state index is -0.0958. The van der Waals surface area contributed by atoms with E-state index in [1.54, 1.807) is 23.9 Å². The Balaban J connectivity index is 2.08. The molecule has 0 amide bonds. The van der Waals surface area contributed by atoms with Crippen molar-refractivity contribution < 1.29 is 4.79 Å². The summed E-state index contributed by atoms with van der Waals surface area (Å²) in [6, 6.07) is 11.7. The summed E-state index contributed by atoms with van der Waals surface area (Å²) >= 11 is 8.77. The number of carbonyl (C=O) groups excluding carboxylic acids is 1. The van der Waals surface area contributed by atoms with Gasteiger partial charge in [0.15, 0.2) is 5.78 Å². The van der Waals surface area contributed by atoms with Crippen molar-refractivity contribution in [2.24, 2.45) is 0 Å². The van der Waals surface area contributed by atoms with Crippen molar-refractivity contribution in [1.82, 2.24) is 0 Å². The molecule has 1 atom stereocenters. The van der Waals surface area contributed by atoms with Gasteiger partial charge in [0.2, 0.25) is 0 Å². The predicted molar refractivity (Wildman–Crippen MR) is 80.2 cm³/mol. The normalized spacial score (nSPS) is 12.4. The van der Waals surface area contributed by atoms with Crippen molar-refractivity contribution in [3.63, 3.8) is 0 Å². The second-order valence-electron chi connectivity index (χ2n) is 4.04. The van der Waals surface area contributed by atoms with Gasteiger partial charge in [0.25, 0.3) is 0 Å². The minimum absolute atomic E-state index is 0.0958. The number of ketones is 1. The average Bonchev–Trinajstić information content (AvgIpc) is 2.75. The van der Waals surface area contributed by atoms with E-state index < -0.39 is 0 Å². The van der Waals surface area contributed by atoms with Crippen LogP contribution in [-0.4, -0.2) is 11.0 Å². The summed E-state index contributed by atoms with van der Waals surface area (Å²) in [5.74, 6) is 0.137. The molecule has 2 aromatic rings. The van der Waals surface area contributed by atoms with E-state index in [9.17, 15) is 4.79 Å². The van der Waals surface area contributed by atoms with Gasteiger partial charge in [0, 0.05) is 4.90 Å². The zero-order valence-corrected chi connectivity index (χ0v) is 12.5. The van der Waals surface area contributed by atoms with Crippen LogP contribution in [0.2, 0.25) is 4.34 Å². The maximum absolute atomic E-state index is 12.2. The fourth-order valence-electron chi connectivity index (χ4n) is 1.59. The Bertz CT molecular complexity index is 562. The lowest BCUT2D eigenvalue weighted by Crippen LogP contribution is -2.11. The van der Waals surface area contributed by atoms with Crippen molar-refractivity contribution in [2.75, 3.05) is 0 Å². The van der Waals surface area contributed by atoms with Gasteiger partial charge in [0.05, 0.1) is 14.5 Å². The summed E-state index contributed by atoms with van der Waals surface area (Å²) in [5.41, 5.74) is 1.21. The van der Waals surface area contributed by atoms with Gasteiger partial charge in [-0.05, 0) is 38.1 Å². The van der Waals surface area contributed by atoms with Crippen LogP contribution in [0.5, 0.6) is 0 Å². The first-order valence-electron chi connectivity index (χ1n) is 5.59. The largest absolute Gasteiger partial charge is 0.292 e. The van der Waals surface area contributed by atoms with Gasteiger partial charge in [-0.25, -0.2) is 0 Å².